The van der Waals surface area contributed by atoms with Crippen LogP contribution in [0.15, 0.2) is 0 Å². The Bertz CT molecular complexity index is 92.6. The van der Waals surface area contributed by atoms with Crippen molar-refractivity contribution in [2.24, 2.45) is 0 Å². The summed E-state index contributed by atoms with van der Waals surface area (Å²) >= 11 is 2.13. The molecular formula is C4H7IO2S2. The lowest BCUT2D eigenvalue weighted by Crippen LogP contribution is -2.36. The molecule has 0 spiro atoms. The fraction of sp³-hybridized carbons (Fsp3) is 1.00. The summed E-state index contributed by atoms with van der Waals surface area (Å²) in [6.45, 7) is 0. The third-order valence-corrected chi connectivity index (χ3v) is 6.11. The highest BCUT2D eigenvalue weighted by molar-refractivity contribution is 14.1. The molecule has 5 heteroatoms. The number of aliphatic hydroxyl groups excluding tert-OH is 2. The molecule has 1 rings (SSSR count). The summed E-state index contributed by atoms with van der Waals surface area (Å²) in [5, 5.41) is 18.2. The Hall–Kier alpha value is 1.35. The van der Waals surface area contributed by atoms with E-state index in [-0.39, 0.29) is 3.26 Å². The molecule has 1 aliphatic heterocycles. The molecule has 0 amide bonds. The van der Waals surface area contributed by atoms with Crippen LogP contribution in [0.4, 0.5) is 0 Å². The van der Waals surface area contributed by atoms with E-state index in [9.17, 15) is 0 Å². The van der Waals surface area contributed by atoms with Gasteiger partial charge in [0.2, 0.25) is 0 Å². The zero-order valence-corrected chi connectivity index (χ0v) is 8.32. The number of halogens is 1. The van der Waals surface area contributed by atoms with Gasteiger partial charge in [0.1, 0.15) is 6.10 Å². The highest BCUT2D eigenvalue weighted by Gasteiger charge is 2.29. The number of aliphatic hydroxyl groups is 2. The number of alkyl halides is 1. The molecule has 0 aromatic rings. The van der Waals surface area contributed by atoms with E-state index in [1.807, 2.05) is 0 Å². The summed E-state index contributed by atoms with van der Waals surface area (Å²) in [4.78, 5) is 0. The normalized spacial score (nSPS) is 45.0. The van der Waals surface area contributed by atoms with Crippen molar-refractivity contribution in [1.82, 2.24) is 0 Å². The van der Waals surface area contributed by atoms with Crippen LogP contribution in [0.2, 0.25) is 0 Å². The molecule has 0 aromatic carbocycles. The molecule has 1 heterocycles. The summed E-state index contributed by atoms with van der Waals surface area (Å²) in [5.74, 6) is 0.644. The largest absolute Gasteiger partial charge is 0.389 e. The van der Waals surface area contributed by atoms with Gasteiger partial charge in [-0.25, -0.2) is 0 Å². The van der Waals surface area contributed by atoms with Crippen molar-refractivity contribution in [3.63, 3.8) is 0 Å². The van der Waals surface area contributed by atoms with Crippen molar-refractivity contribution in [3.8, 4) is 0 Å². The van der Waals surface area contributed by atoms with Crippen LogP contribution < -0.4 is 0 Å². The molecule has 2 N–H and O–H groups in total. The van der Waals surface area contributed by atoms with Gasteiger partial charge in [-0.1, -0.05) is 44.2 Å². The summed E-state index contributed by atoms with van der Waals surface area (Å²) in [6, 6.07) is 0. The Morgan fingerprint density at radius 1 is 1.44 bits per heavy atom. The maximum Gasteiger partial charge on any atom is 0.102 e. The summed E-state index contributed by atoms with van der Waals surface area (Å²) < 4.78 is 0.136. The zero-order chi connectivity index (χ0) is 6.85. The predicted octanol–water partition coefficient (Wildman–Crippen LogP) is 0.864. The molecule has 9 heavy (non-hydrogen) atoms. The minimum Gasteiger partial charge on any atom is -0.389 e. The van der Waals surface area contributed by atoms with Crippen molar-refractivity contribution >= 4 is 44.2 Å². The molecule has 3 atom stereocenters. The zero-order valence-electron chi connectivity index (χ0n) is 4.53. The first-order valence-corrected chi connectivity index (χ1v) is 6.13. The van der Waals surface area contributed by atoms with Crippen LogP contribution in [0.1, 0.15) is 0 Å². The Kier molecular flexibility index (Phi) is 3.43. The van der Waals surface area contributed by atoms with E-state index in [0.29, 0.717) is 5.75 Å². The third-order valence-electron chi connectivity index (χ3n) is 1.06. The lowest BCUT2D eigenvalue weighted by molar-refractivity contribution is 0.0467. The second-order valence-corrected chi connectivity index (χ2v) is 6.53. The Labute approximate surface area is 75.3 Å². The molecule has 0 aromatic heterocycles. The van der Waals surface area contributed by atoms with Gasteiger partial charge in [-0.15, -0.1) is 0 Å². The maximum atomic E-state index is 9.15. The third kappa shape index (κ3) is 2.14. The van der Waals surface area contributed by atoms with Crippen LogP contribution in [0.25, 0.3) is 0 Å². The van der Waals surface area contributed by atoms with Crippen molar-refractivity contribution < 1.29 is 10.2 Å². The van der Waals surface area contributed by atoms with Crippen LogP contribution >= 0.6 is 44.2 Å². The minimum absolute atomic E-state index is 0.136. The highest BCUT2D eigenvalue weighted by Crippen LogP contribution is 2.39. The van der Waals surface area contributed by atoms with E-state index in [0.717, 1.165) is 0 Å². The second kappa shape index (κ2) is 3.66. The standard InChI is InChI=1S/C4H7IO2S2/c5-4-3(7)2(6)1-8-9-4/h2-4,6-7H,1H2/t2-,3+,4?/m1/s1. The van der Waals surface area contributed by atoms with E-state index >= 15 is 0 Å². The van der Waals surface area contributed by atoms with Crippen LogP contribution in [-0.4, -0.2) is 31.4 Å². The van der Waals surface area contributed by atoms with E-state index < -0.39 is 12.2 Å². The van der Waals surface area contributed by atoms with Crippen LogP contribution in [0.3, 0.4) is 0 Å². The van der Waals surface area contributed by atoms with Crippen molar-refractivity contribution in [3.05, 3.63) is 0 Å². The van der Waals surface area contributed by atoms with E-state index in [1.54, 1.807) is 21.6 Å². The first kappa shape index (κ1) is 8.45. The molecule has 0 aliphatic carbocycles. The molecule has 0 radical (unpaired) electrons. The SMILES string of the molecule is O[C@@H]1CSSC(I)[C@H]1O. The minimum atomic E-state index is -0.545. The Morgan fingerprint density at radius 3 is 2.56 bits per heavy atom. The molecule has 1 aliphatic rings. The van der Waals surface area contributed by atoms with E-state index in [4.69, 9.17) is 10.2 Å². The quantitative estimate of drug-likeness (QED) is 0.392. The molecule has 0 bridgehead atoms. The molecule has 1 saturated heterocycles. The molecule has 1 fully saturated rings. The average molecular weight is 278 g/mol. The van der Waals surface area contributed by atoms with Gasteiger partial charge in [-0.2, -0.15) is 0 Å². The second-order valence-electron chi connectivity index (χ2n) is 1.79. The summed E-state index contributed by atoms with van der Waals surface area (Å²) in [7, 11) is 3.24. The fourth-order valence-corrected chi connectivity index (χ4v) is 4.53. The van der Waals surface area contributed by atoms with Gasteiger partial charge in [0.15, 0.2) is 0 Å². The molecular weight excluding hydrogens is 271 g/mol. The lowest BCUT2D eigenvalue weighted by atomic mass is 10.3. The van der Waals surface area contributed by atoms with Gasteiger partial charge in [-0.3, -0.25) is 0 Å². The van der Waals surface area contributed by atoms with Gasteiger partial charge in [-0.05, 0) is 0 Å². The molecule has 0 saturated carbocycles. The first-order valence-electron chi connectivity index (χ1n) is 2.50. The predicted molar refractivity (Wildman–Crippen MR) is 49.9 cm³/mol. The lowest BCUT2D eigenvalue weighted by Gasteiger charge is -2.26. The number of hydrogen-bond acceptors (Lipinski definition) is 4. The average Bonchev–Trinajstić information content (AvgIpc) is 1.83. The smallest absolute Gasteiger partial charge is 0.102 e. The van der Waals surface area contributed by atoms with Crippen LogP contribution in [-0.2, 0) is 0 Å². The van der Waals surface area contributed by atoms with E-state index in [2.05, 4.69) is 22.6 Å². The Balaban J connectivity index is 2.41. The van der Waals surface area contributed by atoms with E-state index in [1.165, 1.54) is 0 Å². The highest BCUT2D eigenvalue weighted by atomic mass is 127. The summed E-state index contributed by atoms with van der Waals surface area (Å²) in [6.07, 6.45) is -1.07. The molecule has 1 unspecified atom stereocenters. The van der Waals surface area contributed by atoms with Crippen molar-refractivity contribution in [1.29, 1.82) is 0 Å². The van der Waals surface area contributed by atoms with Gasteiger partial charge in [0.05, 0.1) is 9.36 Å². The van der Waals surface area contributed by atoms with Crippen LogP contribution in [0.5, 0.6) is 0 Å². The van der Waals surface area contributed by atoms with Gasteiger partial charge < -0.3 is 10.2 Å². The molecule has 54 valence electrons. The topological polar surface area (TPSA) is 40.5 Å². The first-order chi connectivity index (χ1) is 4.22. The monoisotopic (exact) mass is 278 g/mol. The summed E-state index contributed by atoms with van der Waals surface area (Å²) in [5.41, 5.74) is 0. The van der Waals surface area contributed by atoms with Crippen molar-refractivity contribution in [2.45, 2.75) is 15.5 Å². The van der Waals surface area contributed by atoms with Crippen LogP contribution in [0, 0.1) is 0 Å². The van der Waals surface area contributed by atoms with Gasteiger partial charge in [0, 0.05) is 5.75 Å². The number of rotatable bonds is 0. The van der Waals surface area contributed by atoms with Crippen molar-refractivity contribution in [2.75, 3.05) is 5.75 Å². The molecule has 2 nitrogen and oxygen atoms in total. The maximum absolute atomic E-state index is 9.15. The van der Waals surface area contributed by atoms with Gasteiger partial charge >= 0.3 is 0 Å². The Morgan fingerprint density at radius 2 is 2.11 bits per heavy atom. The number of hydrogen-bond donors (Lipinski definition) is 2. The van der Waals surface area contributed by atoms with Gasteiger partial charge in [0.25, 0.3) is 0 Å². The fourth-order valence-electron chi connectivity index (χ4n) is 0.504.